The predicted octanol–water partition coefficient (Wildman–Crippen LogP) is 0.169. The third-order valence-corrected chi connectivity index (χ3v) is 1.71. The highest BCUT2D eigenvalue weighted by atomic mass is 32.2. The van der Waals surface area contributed by atoms with Gasteiger partial charge in [0.2, 0.25) is 6.19 Å². The predicted molar refractivity (Wildman–Crippen MR) is 34.0 cm³/mol. The summed E-state index contributed by atoms with van der Waals surface area (Å²) < 4.78 is 18.6. The fourth-order valence-corrected chi connectivity index (χ4v) is 0.994. The molecule has 0 saturated heterocycles. The molecule has 0 rings (SSSR count). The van der Waals surface area contributed by atoms with Gasteiger partial charge in [-0.15, -0.1) is 4.36 Å². The number of methoxy groups -OCH3 is 1. The monoisotopic (exact) mass is 148 g/mol. The van der Waals surface area contributed by atoms with Crippen molar-refractivity contribution in [1.82, 2.24) is 0 Å². The van der Waals surface area contributed by atoms with Gasteiger partial charge in [-0.1, -0.05) is 0 Å². The first kappa shape index (κ1) is 8.40. The van der Waals surface area contributed by atoms with Crippen molar-refractivity contribution in [3.8, 4) is 6.19 Å². The molecular formula is C4H8N2O2S. The SMILES string of the molecule is COCS(C)(=O)=NC#N. The Morgan fingerprint density at radius 1 is 1.89 bits per heavy atom. The smallest absolute Gasteiger partial charge is 0.214 e. The molecule has 0 aromatic rings. The molecule has 0 N–H and O–H groups in total. The van der Waals surface area contributed by atoms with Gasteiger partial charge < -0.3 is 4.74 Å². The number of nitriles is 1. The molecule has 0 amide bonds. The average molecular weight is 148 g/mol. The Labute approximate surface area is 54.6 Å². The molecule has 1 unspecified atom stereocenters. The molecule has 0 saturated carbocycles. The second kappa shape index (κ2) is 3.43. The van der Waals surface area contributed by atoms with Crippen LogP contribution >= 0.6 is 0 Å². The summed E-state index contributed by atoms with van der Waals surface area (Å²) >= 11 is 0. The van der Waals surface area contributed by atoms with Crippen LogP contribution in [-0.4, -0.2) is 23.5 Å². The maximum Gasteiger partial charge on any atom is 0.214 e. The highest BCUT2D eigenvalue weighted by Gasteiger charge is 1.96. The van der Waals surface area contributed by atoms with Gasteiger partial charge in [0.05, 0.1) is 9.73 Å². The molecule has 0 spiro atoms. The van der Waals surface area contributed by atoms with Crippen LogP contribution in [0.3, 0.4) is 0 Å². The second-order valence-electron chi connectivity index (χ2n) is 1.56. The van der Waals surface area contributed by atoms with Crippen molar-refractivity contribution < 1.29 is 8.95 Å². The lowest BCUT2D eigenvalue weighted by atomic mass is 11.5. The fraction of sp³-hybridized carbons (Fsp3) is 0.750. The zero-order valence-corrected chi connectivity index (χ0v) is 6.14. The van der Waals surface area contributed by atoms with Crippen LogP contribution in [0.1, 0.15) is 0 Å². The Morgan fingerprint density at radius 3 is 2.78 bits per heavy atom. The van der Waals surface area contributed by atoms with Gasteiger partial charge in [0, 0.05) is 13.4 Å². The molecule has 0 fully saturated rings. The summed E-state index contributed by atoms with van der Waals surface area (Å²) in [5.41, 5.74) is 0. The van der Waals surface area contributed by atoms with E-state index in [0.717, 1.165) is 0 Å². The lowest BCUT2D eigenvalue weighted by Crippen LogP contribution is -2.03. The lowest BCUT2D eigenvalue weighted by molar-refractivity contribution is 0.254. The number of hydrogen-bond donors (Lipinski definition) is 0. The first-order valence-electron chi connectivity index (χ1n) is 2.19. The van der Waals surface area contributed by atoms with Gasteiger partial charge >= 0.3 is 0 Å². The van der Waals surface area contributed by atoms with Crippen molar-refractivity contribution in [3.05, 3.63) is 0 Å². The molecule has 0 aliphatic heterocycles. The topological polar surface area (TPSA) is 62.4 Å². The number of ether oxygens (including phenoxy) is 1. The molecule has 5 heteroatoms. The molecule has 52 valence electrons. The van der Waals surface area contributed by atoms with E-state index in [-0.39, 0.29) is 5.94 Å². The molecule has 0 aliphatic rings. The van der Waals surface area contributed by atoms with Crippen molar-refractivity contribution >= 4 is 9.73 Å². The van der Waals surface area contributed by atoms with Crippen LogP contribution in [0.2, 0.25) is 0 Å². The molecule has 0 aliphatic carbocycles. The number of hydrogen-bond acceptors (Lipinski definition) is 4. The Bertz CT molecular complexity index is 221. The van der Waals surface area contributed by atoms with E-state index < -0.39 is 9.73 Å². The number of nitrogens with zero attached hydrogens (tertiary/aromatic N) is 2. The van der Waals surface area contributed by atoms with Crippen LogP contribution < -0.4 is 0 Å². The Hall–Kier alpha value is -0.600. The summed E-state index contributed by atoms with van der Waals surface area (Å²) in [6.07, 6.45) is 2.84. The van der Waals surface area contributed by atoms with Gasteiger partial charge in [-0.2, -0.15) is 5.26 Å². The largest absolute Gasteiger partial charge is 0.370 e. The first-order valence-corrected chi connectivity index (χ1v) is 4.28. The first-order chi connectivity index (χ1) is 4.12. The van der Waals surface area contributed by atoms with Gasteiger partial charge in [-0.05, 0) is 0 Å². The molecular weight excluding hydrogens is 140 g/mol. The van der Waals surface area contributed by atoms with Crippen LogP contribution in [0.25, 0.3) is 0 Å². The van der Waals surface area contributed by atoms with Gasteiger partial charge in [0.25, 0.3) is 0 Å². The van der Waals surface area contributed by atoms with Gasteiger partial charge in [0.15, 0.2) is 0 Å². The summed E-state index contributed by atoms with van der Waals surface area (Å²) in [7, 11) is -0.977. The molecule has 9 heavy (non-hydrogen) atoms. The minimum atomic E-state index is -2.39. The van der Waals surface area contributed by atoms with Gasteiger partial charge in [0.1, 0.15) is 5.94 Å². The zero-order chi connectivity index (χ0) is 7.33. The summed E-state index contributed by atoms with van der Waals surface area (Å²) in [4.78, 5) is 0. The molecule has 0 aromatic heterocycles. The Morgan fingerprint density at radius 2 is 2.44 bits per heavy atom. The molecule has 0 radical (unpaired) electrons. The summed E-state index contributed by atoms with van der Waals surface area (Å²) in [6, 6.07) is 0. The molecule has 0 heterocycles. The van der Waals surface area contributed by atoms with E-state index in [1.807, 2.05) is 0 Å². The van der Waals surface area contributed by atoms with E-state index in [1.54, 1.807) is 0 Å². The Balaban J connectivity index is 4.25. The van der Waals surface area contributed by atoms with Crippen molar-refractivity contribution in [2.75, 3.05) is 19.3 Å². The van der Waals surface area contributed by atoms with E-state index in [9.17, 15) is 4.21 Å². The Kier molecular flexibility index (Phi) is 3.20. The number of rotatable bonds is 2. The summed E-state index contributed by atoms with van der Waals surface area (Å²) in [6.45, 7) is 0. The van der Waals surface area contributed by atoms with E-state index in [2.05, 4.69) is 9.10 Å². The van der Waals surface area contributed by atoms with Crippen LogP contribution in [-0.2, 0) is 14.5 Å². The highest BCUT2D eigenvalue weighted by Crippen LogP contribution is 1.88. The van der Waals surface area contributed by atoms with E-state index in [1.165, 1.54) is 19.6 Å². The van der Waals surface area contributed by atoms with Crippen molar-refractivity contribution in [3.63, 3.8) is 0 Å². The van der Waals surface area contributed by atoms with Gasteiger partial charge in [-0.25, -0.2) is 4.21 Å². The maximum absolute atomic E-state index is 10.9. The molecule has 4 nitrogen and oxygen atoms in total. The van der Waals surface area contributed by atoms with Crippen molar-refractivity contribution in [1.29, 1.82) is 5.26 Å². The second-order valence-corrected chi connectivity index (χ2v) is 3.89. The average Bonchev–Trinajstić information content (AvgIpc) is 1.64. The maximum atomic E-state index is 10.9. The van der Waals surface area contributed by atoms with Crippen LogP contribution in [0.15, 0.2) is 4.36 Å². The van der Waals surface area contributed by atoms with Crippen LogP contribution in [0, 0.1) is 11.5 Å². The van der Waals surface area contributed by atoms with Crippen LogP contribution in [0.5, 0.6) is 0 Å². The molecule has 0 bridgehead atoms. The molecule has 0 aromatic carbocycles. The fourth-order valence-electron chi connectivity index (χ4n) is 0.331. The highest BCUT2D eigenvalue weighted by molar-refractivity contribution is 7.92. The van der Waals surface area contributed by atoms with Gasteiger partial charge in [-0.3, -0.25) is 0 Å². The van der Waals surface area contributed by atoms with Crippen molar-refractivity contribution in [2.45, 2.75) is 0 Å². The standard InChI is InChI=1S/C4H8N2O2S/c1-8-4-9(2,7)6-3-5/h4H2,1-2H3. The summed E-state index contributed by atoms with van der Waals surface area (Å²) in [5, 5.41) is 7.98. The van der Waals surface area contributed by atoms with E-state index >= 15 is 0 Å². The minimum Gasteiger partial charge on any atom is -0.370 e. The zero-order valence-electron chi connectivity index (χ0n) is 5.33. The third-order valence-electron chi connectivity index (χ3n) is 0.570. The minimum absolute atomic E-state index is 0.0144. The van der Waals surface area contributed by atoms with E-state index in [0.29, 0.717) is 0 Å². The lowest BCUT2D eigenvalue weighted by Gasteiger charge is -1.95. The quantitative estimate of drug-likeness (QED) is 0.524. The van der Waals surface area contributed by atoms with Crippen LogP contribution in [0.4, 0.5) is 0 Å². The van der Waals surface area contributed by atoms with E-state index in [4.69, 9.17) is 5.26 Å². The summed E-state index contributed by atoms with van der Waals surface area (Å²) in [5.74, 6) is 0.0144. The third kappa shape index (κ3) is 3.94. The van der Waals surface area contributed by atoms with Crippen molar-refractivity contribution in [2.24, 2.45) is 4.36 Å². The molecule has 1 atom stereocenters. The normalized spacial score (nSPS) is 15.7.